The summed E-state index contributed by atoms with van der Waals surface area (Å²) in [6.45, 7) is 1.70. The molecule has 1 aliphatic rings. The molecule has 0 saturated carbocycles. The number of aliphatic hydroxyl groups excluding tert-OH is 2. The topological polar surface area (TPSA) is 128 Å². The van der Waals surface area contributed by atoms with Gasteiger partial charge in [0.25, 0.3) is 0 Å². The highest BCUT2D eigenvalue weighted by molar-refractivity contribution is 5.83. The lowest BCUT2D eigenvalue weighted by Crippen LogP contribution is -2.39. The number of halogens is 3. The van der Waals surface area contributed by atoms with Crippen LogP contribution >= 0.6 is 0 Å². The second-order valence-corrected chi connectivity index (χ2v) is 7.83. The van der Waals surface area contributed by atoms with E-state index in [1.165, 1.54) is 23.3 Å². The van der Waals surface area contributed by atoms with E-state index < -0.39 is 35.9 Å². The number of aliphatic hydroxyl groups is 2. The molecule has 0 saturated heterocycles. The molecule has 2 aromatic rings. The molecule has 186 valence electrons. The molecular weight excluding hydrogens is 459 g/mol. The Morgan fingerprint density at radius 2 is 1.59 bits per heavy atom. The smallest absolute Gasteiger partial charge is 0.416 e. The average molecular weight is 485 g/mol. The van der Waals surface area contributed by atoms with Gasteiger partial charge in [-0.2, -0.15) is 13.2 Å². The van der Waals surface area contributed by atoms with Gasteiger partial charge in [0.15, 0.2) is 12.2 Å². The first-order chi connectivity index (χ1) is 15.8. The van der Waals surface area contributed by atoms with Gasteiger partial charge in [0, 0.05) is 12.5 Å². The number of carbonyl (C=O) groups is 2. The summed E-state index contributed by atoms with van der Waals surface area (Å²) in [7, 11) is 3.69. The van der Waals surface area contributed by atoms with E-state index in [1.807, 2.05) is 18.2 Å². The average Bonchev–Trinajstić information content (AvgIpc) is 2.95. The Hall–Kier alpha value is -3.15. The summed E-state index contributed by atoms with van der Waals surface area (Å²) in [4.78, 5) is 21.8. The van der Waals surface area contributed by atoms with Gasteiger partial charge < -0.3 is 30.1 Å². The van der Waals surface area contributed by atoms with Gasteiger partial charge in [0.05, 0.1) is 12.7 Å². The van der Waals surface area contributed by atoms with Crippen LogP contribution in [0.5, 0.6) is 5.75 Å². The van der Waals surface area contributed by atoms with Crippen molar-refractivity contribution in [2.24, 2.45) is 0 Å². The van der Waals surface area contributed by atoms with Crippen LogP contribution in [0.2, 0.25) is 0 Å². The highest BCUT2D eigenvalue weighted by Gasteiger charge is 2.31. The third-order valence-corrected chi connectivity index (χ3v) is 5.41. The maximum absolute atomic E-state index is 12.8. The van der Waals surface area contributed by atoms with Crippen LogP contribution in [0.15, 0.2) is 42.5 Å². The first kappa shape index (κ1) is 27.1. The largest absolute Gasteiger partial charge is 0.497 e. The fourth-order valence-corrected chi connectivity index (χ4v) is 3.58. The zero-order valence-electron chi connectivity index (χ0n) is 18.5. The van der Waals surface area contributed by atoms with Gasteiger partial charge in [0.2, 0.25) is 0 Å². The Kier molecular flexibility index (Phi) is 9.02. The molecule has 0 fully saturated rings. The van der Waals surface area contributed by atoms with Crippen LogP contribution in [-0.2, 0) is 22.3 Å². The first-order valence-electron chi connectivity index (χ1n) is 10.2. The van der Waals surface area contributed by atoms with E-state index in [9.17, 15) is 22.8 Å². The van der Waals surface area contributed by atoms with Crippen molar-refractivity contribution in [2.75, 3.05) is 20.7 Å². The predicted octanol–water partition coefficient (Wildman–Crippen LogP) is 2.56. The molecule has 0 spiro atoms. The quantitative estimate of drug-likeness (QED) is 0.509. The molecule has 0 bridgehead atoms. The second kappa shape index (κ2) is 11.3. The highest BCUT2D eigenvalue weighted by Crippen LogP contribution is 2.37. The number of rotatable bonds is 5. The summed E-state index contributed by atoms with van der Waals surface area (Å²) < 4.78 is 43.6. The monoisotopic (exact) mass is 485 g/mol. The number of nitrogens with zero attached hydrogens (tertiary/aromatic N) is 1. The number of fused-ring (bicyclic) bond motifs is 1. The minimum absolute atomic E-state index is 0.0955. The van der Waals surface area contributed by atoms with Crippen molar-refractivity contribution in [3.05, 3.63) is 64.7 Å². The number of carboxylic acids is 2. The molecule has 8 nitrogen and oxygen atoms in total. The lowest BCUT2D eigenvalue weighted by Gasteiger charge is -2.19. The number of ether oxygens (including phenoxy) is 1. The summed E-state index contributed by atoms with van der Waals surface area (Å²) in [6, 6.07) is 11.5. The van der Waals surface area contributed by atoms with Crippen LogP contribution in [0.4, 0.5) is 13.2 Å². The Balaban J connectivity index is 0.000000347. The normalized spacial score (nSPS) is 17.9. The number of hydrogen-bond acceptors (Lipinski definition) is 6. The van der Waals surface area contributed by atoms with Crippen molar-refractivity contribution in [1.82, 2.24) is 4.90 Å². The molecule has 0 aliphatic carbocycles. The molecule has 3 rings (SSSR count). The van der Waals surface area contributed by atoms with Crippen molar-refractivity contribution in [2.45, 2.75) is 37.3 Å². The molecule has 1 aliphatic heterocycles. The summed E-state index contributed by atoms with van der Waals surface area (Å²) in [6.07, 6.45) is -7.95. The van der Waals surface area contributed by atoms with E-state index in [0.717, 1.165) is 30.8 Å². The maximum Gasteiger partial charge on any atom is 0.416 e. The minimum atomic E-state index is -4.30. The van der Waals surface area contributed by atoms with Crippen LogP contribution < -0.4 is 4.74 Å². The van der Waals surface area contributed by atoms with Gasteiger partial charge in [0.1, 0.15) is 5.75 Å². The molecule has 0 radical (unpaired) electrons. The Morgan fingerprint density at radius 3 is 2.06 bits per heavy atom. The maximum atomic E-state index is 12.8. The van der Waals surface area contributed by atoms with Crippen molar-refractivity contribution in [1.29, 1.82) is 0 Å². The molecule has 0 amide bonds. The number of hydrogen-bond donors (Lipinski definition) is 4. The lowest BCUT2D eigenvalue weighted by molar-refractivity contribution is -0.165. The van der Waals surface area contributed by atoms with Crippen molar-refractivity contribution in [3.63, 3.8) is 0 Å². The van der Waals surface area contributed by atoms with Crippen molar-refractivity contribution in [3.8, 4) is 5.75 Å². The summed E-state index contributed by atoms with van der Waals surface area (Å²) in [5.74, 6) is -2.64. The molecule has 4 N–H and O–H groups in total. The summed E-state index contributed by atoms with van der Waals surface area (Å²) in [5.41, 5.74) is 2.65. The van der Waals surface area contributed by atoms with Gasteiger partial charge in [-0.05, 0) is 61.0 Å². The minimum Gasteiger partial charge on any atom is -0.497 e. The van der Waals surface area contributed by atoms with Gasteiger partial charge in [-0.25, -0.2) is 9.59 Å². The van der Waals surface area contributed by atoms with E-state index in [4.69, 9.17) is 25.2 Å². The van der Waals surface area contributed by atoms with E-state index in [-0.39, 0.29) is 5.92 Å². The zero-order chi connectivity index (χ0) is 25.6. The van der Waals surface area contributed by atoms with Crippen LogP contribution in [-0.4, -0.2) is 70.2 Å². The Morgan fingerprint density at radius 1 is 1.03 bits per heavy atom. The lowest BCUT2D eigenvalue weighted by atomic mass is 9.86. The molecule has 2 aromatic carbocycles. The van der Waals surface area contributed by atoms with Crippen molar-refractivity contribution < 1.29 is 47.9 Å². The van der Waals surface area contributed by atoms with Crippen LogP contribution in [0, 0.1) is 0 Å². The predicted molar refractivity (Wildman–Crippen MR) is 115 cm³/mol. The van der Waals surface area contributed by atoms with E-state index in [0.29, 0.717) is 0 Å². The Labute approximate surface area is 193 Å². The summed E-state index contributed by atoms with van der Waals surface area (Å²) in [5, 5.41) is 32.5. The molecule has 3 unspecified atom stereocenters. The molecule has 34 heavy (non-hydrogen) atoms. The number of benzene rings is 2. The van der Waals surface area contributed by atoms with Gasteiger partial charge in [-0.3, -0.25) is 0 Å². The fraction of sp³-hybridized carbons (Fsp3) is 0.391. The van der Waals surface area contributed by atoms with E-state index >= 15 is 0 Å². The molecule has 3 atom stereocenters. The molecule has 0 aromatic heterocycles. The standard InChI is InChI=1S/C19H20F3NO.C4H6O6/c1-23-10-9-18(13-3-5-15(6-4-13)19(20,21)22)17-8-7-16(24-2)11-14(17)12-23;5-1(3(7)8)2(6)4(9)10/h3-8,11,18H,9-10,12H2,1-2H3;1-2,5-6H,(H,7,8)(H,9,10). The van der Waals surface area contributed by atoms with Gasteiger partial charge in [-0.1, -0.05) is 18.2 Å². The Bertz CT molecular complexity index is 977. The molecule has 11 heteroatoms. The van der Waals surface area contributed by atoms with Gasteiger partial charge >= 0.3 is 18.1 Å². The number of aliphatic carboxylic acids is 2. The third-order valence-electron chi connectivity index (χ3n) is 5.41. The molecule has 1 heterocycles. The van der Waals surface area contributed by atoms with Crippen LogP contribution in [0.1, 0.15) is 34.6 Å². The highest BCUT2D eigenvalue weighted by atomic mass is 19.4. The van der Waals surface area contributed by atoms with E-state index in [2.05, 4.69) is 11.9 Å². The first-order valence-corrected chi connectivity index (χ1v) is 10.2. The number of alkyl halides is 3. The second-order valence-electron chi connectivity index (χ2n) is 7.83. The van der Waals surface area contributed by atoms with Gasteiger partial charge in [-0.15, -0.1) is 0 Å². The van der Waals surface area contributed by atoms with Crippen LogP contribution in [0.25, 0.3) is 0 Å². The number of methoxy groups -OCH3 is 1. The number of carboxylic acid groups (broad SMARTS) is 2. The van der Waals surface area contributed by atoms with E-state index in [1.54, 1.807) is 19.2 Å². The fourth-order valence-electron chi connectivity index (χ4n) is 3.58. The molecular formula is C23H26F3NO7. The van der Waals surface area contributed by atoms with Crippen molar-refractivity contribution >= 4 is 11.9 Å². The SMILES string of the molecule is COc1ccc2c(c1)CN(C)CCC2c1ccc(C(F)(F)F)cc1.O=C(O)C(O)C(O)C(=O)O. The summed E-state index contributed by atoms with van der Waals surface area (Å²) >= 11 is 0. The van der Waals surface area contributed by atoms with Crippen LogP contribution in [0.3, 0.4) is 0 Å². The zero-order valence-corrected chi connectivity index (χ0v) is 18.5. The third kappa shape index (κ3) is 6.92.